The van der Waals surface area contributed by atoms with Crippen molar-refractivity contribution < 1.29 is 24.2 Å². The lowest BCUT2D eigenvalue weighted by atomic mass is 9.94. The van der Waals surface area contributed by atoms with Gasteiger partial charge in [0.05, 0.1) is 23.5 Å². The molecule has 0 bridgehead atoms. The molecule has 166 valence electrons. The van der Waals surface area contributed by atoms with E-state index in [0.29, 0.717) is 32.9 Å². The Hall–Kier alpha value is -2.82. The van der Waals surface area contributed by atoms with Crippen LogP contribution in [0.15, 0.2) is 41.5 Å². The molecular weight excluding hydrogens is 513 g/mol. The Morgan fingerprint density at radius 1 is 1.19 bits per heavy atom. The number of benzene rings is 2. The number of phenolic OH excluding ortho intramolecular Hbond substituents is 1. The van der Waals surface area contributed by atoms with Crippen LogP contribution in [0.25, 0.3) is 0 Å². The first-order chi connectivity index (χ1) is 14.8. The van der Waals surface area contributed by atoms with Crippen molar-refractivity contribution in [3.63, 3.8) is 0 Å². The lowest BCUT2D eigenvalue weighted by molar-refractivity contribution is -0.134. The van der Waals surface area contributed by atoms with Crippen LogP contribution in [0.3, 0.4) is 0 Å². The van der Waals surface area contributed by atoms with E-state index >= 15 is 0 Å². The molecule has 1 atom stereocenters. The predicted molar refractivity (Wildman–Crippen MR) is 128 cm³/mol. The fourth-order valence-electron chi connectivity index (χ4n) is 2.79. The number of ether oxygens (including phenoxy) is 2. The van der Waals surface area contributed by atoms with Gasteiger partial charge in [0.1, 0.15) is 11.7 Å². The van der Waals surface area contributed by atoms with E-state index in [9.17, 15) is 14.7 Å². The average molecular weight is 539 g/mol. The van der Waals surface area contributed by atoms with Gasteiger partial charge in [-0.05, 0) is 77.4 Å². The van der Waals surface area contributed by atoms with Gasteiger partial charge >= 0.3 is 0 Å². The van der Waals surface area contributed by atoms with Gasteiger partial charge in [-0.15, -0.1) is 0 Å². The van der Waals surface area contributed by atoms with Crippen LogP contribution in [0.1, 0.15) is 26.3 Å². The van der Waals surface area contributed by atoms with Gasteiger partial charge in [-0.25, -0.2) is 5.43 Å². The molecule has 0 aliphatic carbocycles. The molecule has 0 radical (unpaired) electrons. The molecular formula is C22H26IN3O5. The van der Waals surface area contributed by atoms with Gasteiger partial charge in [-0.1, -0.05) is 13.8 Å². The molecule has 0 fully saturated rings. The van der Waals surface area contributed by atoms with Gasteiger partial charge in [0.15, 0.2) is 11.5 Å². The highest BCUT2D eigenvalue weighted by atomic mass is 127. The summed E-state index contributed by atoms with van der Waals surface area (Å²) >= 11 is 1.98. The van der Waals surface area contributed by atoms with Crippen LogP contribution in [0.4, 0.5) is 5.69 Å². The third-order valence-electron chi connectivity index (χ3n) is 4.33. The number of nitrogens with zero attached hydrogens (tertiary/aromatic N) is 1. The summed E-state index contributed by atoms with van der Waals surface area (Å²) < 4.78 is 11.1. The summed E-state index contributed by atoms with van der Waals surface area (Å²) in [6, 6.07) is 10.2. The Morgan fingerprint density at radius 2 is 1.87 bits per heavy atom. The second kappa shape index (κ2) is 11.5. The number of aromatic hydroxyl groups is 1. The third-order valence-corrected chi connectivity index (χ3v) is 5.15. The largest absolute Gasteiger partial charge is 0.504 e. The van der Waals surface area contributed by atoms with E-state index in [2.05, 4.69) is 15.8 Å². The second-order valence-electron chi connectivity index (χ2n) is 6.96. The number of rotatable bonds is 9. The van der Waals surface area contributed by atoms with Crippen LogP contribution in [0, 0.1) is 15.4 Å². The van der Waals surface area contributed by atoms with E-state index in [4.69, 9.17) is 9.47 Å². The first-order valence-corrected chi connectivity index (χ1v) is 10.8. The first-order valence-electron chi connectivity index (χ1n) is 9.70. The summed E-state index contributed by atoms with van der Waals surface area (Å²) in [6.45, 7) is 5.80. The van der Waals surface area contributed by atoms with Gasteiger partial charge in [-0.2, -0.15) is 5.10 Å². The van der Waals surface area contributed by atoms with E-state index in [1.165, 1.54) is 6.21 Å². The van der Waals surface area contributed by atoms with Crippen LogP contribution in [0.2, 0.25) is 0 Å². The maximum absolute atomic E-state index is 12.7. The van der Waals surface area contributed by atoms with Crippen molar-refractivity contribution >= 4 is 46.3 Å². The standard InChI is InChI=1S/C22H26IN3O5/c1-5-31-18-11-14(10-17(23)20(18)27)12-24-26-22(29)19(13(2)3)21(28)25-15-6-8-16(30-4)9-7-15/h6-13,19,27H,5H2,1-4H3,(H,25,28)(H,26,29)/b24-12+. The number of phenols is 1. The number of nitrogens with one attached hydrogen (secondary N) is 2. The molecule has 9 heteroatoms. The summed E-state index contributed by atoms with van der Waals surface area (Å²) in [5, 5.41) is 16.7. The number of carbonyl (C=O) groups excluding carboxylic acids is 2. The van der Waals surface area contributed by atoms with Crippen molar-refractivity contribution in [2.24, 2.45) is 16.9 Å². The molecule has 0 saturated heterocycles. The summed E-state index contributed by atoms with van der Waals surface area (Å²) in [5.41, 5.74) is 3.63. The zero-order valence-corrected chi connectivity index (χ0v) is 20.0. The Kier molecular flexibility index (Phi) is 9.10. The number of hydrogen-bond acceptors (Lipinski definition) is 6. The average Bonchev–Trinajstić information content (AvgIpc) is 2.72. The van der Waals surface area contributed by atoms with Crippen LogP contribution < -0.4 is 20.2 Å². The molecule has 1 unspecified atom stereocenters. The maximum Gasteiger partial charge on any atom is 0.252 e. The summed E-state index contributed by atoms with van der Waals surface area (Å²) in [4.78, 5) is 25.3. The Bertz CT molecular complexity index is 945. The van der Waals surface area contributed by atoms with Crippen LogP contribution in [-0.2, 0) is 9.59 Å². The smallest absolute Gasteiger partial charge is 0.252 e. The van der Waals surface area contributed by atoms with Gasteiger partial charge in [-0.3, -0.25) is 9.59 Å². The van der Waals surface area contributed by atoms with Gasteiger partial charge < -0.3 is 19.9 Å². The van der Waals surface area contributed by atoms with Crippen molar-refractivity contribution in [3.05, 3.63) is 45.5 Å². The van der Waals surface area contributed by atoms with Crippen molar-refractivity contribution in [2.45, 2.75) is 20.8 Å². The van der Waals surface area contributed by atoms with E-state index < -0.39 is 17.7 Å². The van der Waals surface area contributed by atoms with Crippen molar-refractivity contribution in [1.82, 2.24) is 5.43 Å². The molecule has 8 nitrogen and oxygen atoms in total. The predicted octanol–water partition coefficient (Wildman–Crippen LogP) is 3.77. The molecule has 0 spiro atoms. The number of hydrazone groups is 1. The minimum atomic E-state index is -0.932. The number of anilines is 1. The van der Waals surface area contributed by atoms with Gasteiger partial charge in [0.25, 0.3) is 5.91 Å². The van der Waals surface area contributed by atoms with Crippen LogP contribution in [0.5, 0.6) is 17.2 Å². The minimum Gasteiger partial charge on any atom is -0.504 e. The topological polar surface area (TPSA) is 109 Å². The quantitative estimate of drug-likeness (QED) is 0.195. The summed E-state index contributed by atoms with van der Waals surface area (Å²) in [6.07, 6.45) is 1.43. The number of amides is 2. The van der Waals surface area contributed by atoms with Crippen molar-refractivity contribution in [1.29, 1.82) is 0 Å². The normalized spacial score (nSPS) is 11.9. The molecule has 0 aliphatic rings. The highest BCUT2D eigenvalue weighted by Gasteiger charge is 2.30. The monoisotopic (exact) mass is 539 g/mol. The van der Waals surface area contributed by atoms with Gasteiger partial charge in [0.2, 0.25) is 5.91 Å². The molecule has 0 heterocycles. The molecule has 2 rings (SSSR count). The molecule has 0 aromatic heterocycles. The zero-order chi connectivity index (χ0) is 23.0. The fourth-order valence-corrected chi connectivity index (χ4v) is 3.42. The number of methoxy groups -OCH3 is 1. The molecule has 2 aromatic rings. The first kappa shape index (κ1) is 24.4. The van der Waals surface area contributed by atoms with E-state index in [-0.39, 0.29) is 11.7 Å². The van der Waals surface area contributed by atoms with Crippen LogP contribution >= 0.6 is 22.6 Å². The fraction of sp³-hybridized carbons (Fsp3) is 0.318. The molecule has 0 aliphatic heterocycles. The van der Waals surface area contributed by atoms with E-state index in [0.717, 1.165) is 0 Å². The summed E-state index contributed by atoms with van der Waals surface area (Å²) in [7, 11) is 1.56. The van der Waals surface area contributed by atoms with Crippen molar-refractivity contribution in [3.8, 4) is 17.2 Å². The Labute approximate surface area is 195 Å². The molecule has 2 amide bonds. The van der Waals surface area contributed by atoms with Crippen molar-refractivity contribution in [2.75, 3.05) is 19.0 Å². The van der Waals surface area contributed by atoms with E-state index in [1.54, 1.807) is 57.4 Å². The molecule has 3 N–H and O–H groups in total. The number of hydrogen-bond donors (Lipinski definition) is 3. The lowest BCUT2D eigenvalue weighted by Gasteiger charge is -2.18. The molecule has 0 saturated carbocycles. The SMILES string of the molecule is CCOc1cc(/C=N/NC(=O)C(C(=O)Nc2ccc(OC)cc2)C(C)C)cc(I)c1O. The van der Waals surface area contributed by atoms with Crippen LogP contribution in [-0.4, -0.2) is 36.9 Å². The van der Waals surface area contributed by atoms with E-state index in [1.807, 2.05) is 29.5 Å². The lowest BCUT2D eigenvalue weighted by Crippen LogP contribution is -2.39. The number of carbonyl (C=O) groups is 2. The third kappa shape index (κ3) is 6.84. The second-order valence-corrected chi connectivity index (χ2v) is 8.12. The maximum atomic E-state index is 12.7. The Balaban J connectivity index is 2.07. The molecule has 2 aromatic carbocycles. The minimum absolute atomic E-state index is 0.0544. The Morgan fingerprint density at radius 3 is 2.45 bits per heavy atom. The summed E-state index contributed by atoms with van der Waals surface area (Å²) in [5.74, 6) is -1.06. The zero-order valence-electron chi connectivity index (χ0n) is 17.8. The highest BCUT2D eigenvalue weighted by molar-refractivity contribution is 14.1. The number of halogens is 1. The molecule has 31 heavy (non-hydrogen) atoms. The van der Waals surface area contributed by atoms with Gasteiger partial charge in [0, 0.05) is 5.69 Å². The highest BCUT2D eigenvalue weighted by Crippen LogP contribution is 2.32.